The molecule has 0 aliphatic carbocycles. The molecule has 2 N–H and O–H groups in total. The van der Waals surface area contributed by atoms with E-state index in [0.29, 0.717) is 0 Å². The lowest BCUT2D eigenvalue weighted by molar-refractivity contribution is 0.00578. The summed E-state index contributed by atoms with van der Waals surface area (Å²) >= 11 is 0. The molecule has 2 rings (SSSR count). The van der Waals surface area contributed by atoms with Gasteiger partial charge in [0.2, 0.25) is 0 Å². The quantitative estimate of drug-likeness (QED) is 0.780. The first-order valence-electron chi connectivity index (χ1n) is 9.11. The molecule has 0 unspecified atom stereocenters. The van der Waals surface area contributed by atoms with Gasteiger partial charge in [-0.25, -0.2) is 4.79 Å². The van der Waals surface area contributed by atoms with Gasteiger partial charge in [-0.1, -0.05) is 18.2 Å². The highest BCUT2D eigenvalue weighted by Crippen LogP contribution is 2.38. The van der Waals surface area contributed by atoms with Crippen LogP contribution in [0.3, 0.4) is 0 Å². The van der Waals surface area contributed by atoms with Crippen LogP contribution in [0.1, 0.15) is 54.0 Å². The van der Waals surface area contributed by atoms with Gasteiger partial charge in [-0.05, 0) is 71.6 Å². The third kappa shape index (κ3) is 5.74. The van der Waals surface area contributed by atoms with E-state index in [1.165, 1.54) is 0 Å². The molecule has 27 heavy (non-hydrogen) atoms. The number of ether oxygens (including phenoxy) is 1. The number of carbonyl (C=O) groups is 1. The summed E-state index contributed by atoms with van der Waals surface area (Å²) in [6.07, 6.45) is 1.33. The van der Waals surface area contributed by atoms with Crippen molar-refractivity contribution in [2.45, 2.75) is 65.3 Å². The van der Waals surface area contributed by atoms with Crippen LogP contribution in [-0.4, -0.2) is 41.7 Å². The van der Waals surface area contributed by atoms with Crippen molar-refractivity contribution in [3.8, 4) is 5.75 Å². The maximum Gasteiger partial charge on any atom is 0.492 e. The van der Waals surface area contributed by atoms with Crippen LogP contribution >= 0.6 is 0 Å². The second-order valence-electron chi connectivity index (χ2n) is 8.76. The molecule has 0 aromatic heterocycles. The lowest BCUT2D eigenvalue weighted by atomic mass is 9.77. The molecule has 0 saturated carbocycles. The third-order valence-electron chi connectivity index (χ3n) is 4.61. The summed E-state index contributed by atoms with van der Waals surface area (Å²) in [7, 11) is -0.618. The standard InChI is InChI=1S/C20H30BNO5/c1-18(2,3)25-17(24)22-13-15(11-14-9-8-10-16(23)12-14)21-26-19(4,5)20(6,7)27-21/h8-12,23H,13H2,1-7H3,(H,22,24). The molecule has 7 heteroatoms. The van der Waals surface area contributed by atoms with E-state index in [-0.39, 0.29) is 12.3 Å². The number of phenolic OH excluding ortho intramolecular Hbond substituents is 1. The molecule has 1 fully saturated rings. The second kappa shape index (κ2) is 7.56. The van der Waals surface area contributed by atoms with Gasteiger partial charge in [-0.3, -0.25) is 0 Å². The van der Waals surface area contributed by atoms with Gasteiger partial charge >= 0.3 is 13.2 Å². The normalized spacial score (nSPS) is 19.1. The number of benzene rings is 1. The van der Waals surface area contributed by atoms with E-state index in [0.717, 1.165) is 11.0 Å². The predicted molar refractivity (Wildman–Crippen MR) is 106 cm³/mol. The van der Waals surface area contributed by atoms with Crippen LogP contribution in [0.25, 0.3) is 6.08 Å². The first-order chi connectivity index (χ1) is 12.3. The highest BCUT2D eigenvalue weighted by Gasteiger charge is 2.52. The van der Waals surface area contributed by atoms with Crippen LogP contribution < -0.4 is 5.32 Å². The smallest absolute Gasteiger partial charge is 0.492 e. The summed E-state index contributed by atoms with van der Waals surface area (Å²) in [6, 6.07) is 6.85. The molecule has 0 radical (unpaired) electrons. The van der Waals surface area contributed by atoms with E-state index in [2.05, 4.69) is 5.32 Å². The number of nitrogens with one attached hydrogen (secondary N) is 1. The predicted octanol–water partition coefficient (Wildman–Crippen LogP) is 3.93. The number of carbonyl (C=O) groups excluding carboxylic acids is 1. The molecule has 0 bridgehead atoms. The van der Waals surface area contributed by atoms with Crippen molar-refractivity contribution in [2.24, 2.45) is 0 Å². The summed E-state index contributed by atoms with van der Waals surface area (Å²) < 4.78 is 17.5. The van der Waals surface area contributed by atoms with E-state index in [1.54, 1.807) is 18.2 Å². The fourth-order valence-corrected chi connectivity index (χ4v) is 2.51. The molecule has 1 aliphatic rings. The molecular formula is C20H30BNO5. The lowest BCUT2D eigenvalue weighted by Crippen LogP contribution is -2.41. The number of hydrogen-bond acceptors (Lipinski definition) is 5. The third-order valence-corrected chi connectivity index (χ3v) is 4.61. The van der Waals surface area contributed by atoms with E-state index < -0.39 is 30.0 Å². The van der Waals surface area contributed by atoms with E-state index in [4.69, 9.17) is 14.0 Å². The maximum atomic E-state index is 12.1. The fraction of sp³-hybridized carbons (Fsp3) is 0.550. The first kappa shape index (κ1) is 21.3. The van der Waals surface area contributed by atoms with Crippen molar-refractivity contribution in [3.63, 3.8) is 0 Å². The molecule has 1 aromatic rings. The molecule has 0 spiro atoms. The number of aromatic hydroxyl groups is 1. The summed E-state index contributed by atoms with van der Waals surface area (Å²) in [5, 5.41) is 12.5. The molecule has 1 aromatic carbocycles. The minimum absolute atomic E-state index is 0.164. The Labute approximate surface area is 162 Å². The van der Waals surface area contributed by atoms with Gasteiger partial charge in [0, 0.05) is 6.54 Å². The highest BCUT2D eigenvalue weighted by molar-refractivity contribution is 6.56. The summed E-state index contributed by atoms with van der Waals surface area (Å²) in [6.45, 7) is 13.5. The second-order valence-corrected chi connectivity index (χ2v) is 8.76. The minimum Gasteiger partial charge on any atom is -0.508 e. The monoisotopic (exact) mass is 375 g/mol. The number of hydrogen-bond donors (Lipinski definition) is 2. The average Bonchev–Trinajstić information content (AvgIpc) is 2.70. The molecule has 1 aliphatic heterocycles. The lowest BCUT2D eigenvalue weighted by Gasteiger charge is -2.32. The maximum absolute atomic E-state index is 12.1. The Morgan fingerprint density at radius 3 is 2.33 bits per heavy atom. The molecule has 0 atom stereocenters. The van der Waals surface area contributed by atoms with Crippen molar-refractivity contribution < 1.29 is 23.9 Å². The SMILES string of the molecule is CC(C)(C)OC(=O)NCC(=Cc1cccc(O)c1)B1OC(C)(C)C(C)(C)O1. The number of alkyl carbamates (subject to hydrolysis) is 1. The highest BCUT2D eigenvalue weighted by atomic mass is 16.7. The van der Waals surface area contributed by atoms with Gasteiger partial charge in [0.05, 0.1) is 11.2 Å². The average molecular weight is 375 g/mol. The zero-order valence-electron chi connectivity index (χ0n) is 17.3. The van der Waals surface area contributed by atoms with E-state index in [1.807, 2.05) is 60.6 Å². The van der Waals surface area contributed by atoms with Gasteiger partial charge in [0.1, 0.15) is 11.4 Å². The van der Waals surface area contributed by atoms with Gasteiger partial charge in [-0.2, -0.15) is 0 Å². The van der Waals surface area contributed by atoms with Gasteiger partial charge in [0.15, 0.2) is 0 Å². The van der Waals surface area contributed by atoms with Crippen LogP contribution in [0, 0.1) is 0 Å². The number of rotatable bonds is 4. The van der Waals surface area contributed by atoms with Gasteiger partial charge in [-0.15, -0.1) is 0 Å². The first-order valence-corrected chi connectivity index (χ1v) is 9.11. The van der Waals surface area contributed by atoms with Crippen molar-refractivity contribution in [1.29, 1.82) is 0 Å². The van der Waals surface area contributed by atoms with E-state index >= 15 is 0 Å². The van der Waals surface area contributed by atoms with Crippen LogP contribution in [0.2, 0.25) is 0 Å². The summed E-state index contributed by atoms with van der Waals surface area (Å²) in [5.41, 5.74) is -0.0669. The Morgan fingerprint density at radius 2 is 1.81 bits per heavy atom. The molecule has 1 heterocycles. The number of amides is 1. The van der Waals surface area contributed by atoms with Crippen molar-refractivity contribution in [2.75, 3.05) is 6.54 Å². The largest absolute Gasteiger partial charge is 0.508 e. The van der Waals surface area contributed by atoms with Crippen LogP contribution in [0.15, 0.2) is 29.7 Å². The zero-order chi connectivity index (χ0) is 20.5. The molecule has 6 nitrogen and oxygen atoms in total. The zero-order valence-corrected chi connectivity index (χ0v) is 17.3. The molecule has 148 valence electrons. The Balaban J connectivity index is 2.23. The molecular weight excluding hydrogens is 345 g/mol. The topological polar surface area (TPSA) is 77.0 Å². The Kier molecular flexibility index (Phi) is 5.97. The van der Waals surface area contributed by atoms with Crippen molar-refractivity contribution in [3.05, 3.63) is 35.3 Å². The number of phenols is 1. The van der Waals surface area contributed by atoms with Crippen LogP contribution in [0.4, 0.5) is 4.79 Å². The Hall–Kier alpha value is -1.99. The van der Waals surface area contributed by atoms with E-state index in [9.17, 15) is 9.90 Å². The Bertz CT molecular complexity index is 705. The van der Waals surface area contributed by atoms with Crippen molar-refractivity contribution in [1.82, 2.24) is 5.32 Å². The fourth-order valence-electron chi connectivity index (χ4n) is 2.51. The summed E-state index contributed by atoms with van der Waals surface area (Å²) in [5.74, 6) is 0.164. The van der Waals surface area contributed by atoms with Crippen molar-refractivity contribution >= 4 is 19.3 Å². The van der Waals surface area contributed by atoms with Crippen LogP contribution in [0.5, 0.6) is 5.75 Å². The summed E-state index contributed by atoms with van der Waals surface area (Å²) in [4.78, 5) is 12.1. The molecule has 1 saturated heterocycles. The molecule has 1 amide bonds. The minimum atomic E-state index is -0.618. The van der Waals surface area contributed by atoms with Gasteiger partial charge < -0.3 is 24.5 Å². The Morgan fingerprint density at radius 1 is 1.22 bits per heavy atom. The van der Waals surface area contributed by atoms with Crippen LogP contribution in [-0.2, 0) is 14.0 Å². The van der Waals surface area contributed by atoms with Gasteiger partial charge in [0.25, 0.3) is 0 Å².